The molecule has 2 heterocycles. The lowest BCUT2D eigenvalue weighted by atomic mass is 10.2. The van der Waals surface area contributed by atoms with Crippen LogP contribution in [0.4, 0.5) is 23.4 Å². The van der Waals surface area contributed by atoms with Crippen molar-refractivity contribution in [3.8, 4) is 0 Å². The molecule has 1 aromatic heterocycles. The molecular formula is C17H17F4N3O2S. The standard InChI is InChI=1S/C17H17F4N3O2S/c18-14-3-5-15(6-4-14)27(25,26)24-9-1-8-23(10-11-24)16-7-2-13(12-22-16)17(19,20)21/h2-7,12H,1,8-11H2. The highest BCUT2D eigenvalue weighted by atomic mass is 32.2. The second kappa shape index (κ2) is 7.43. The highest BCUT2D eigenvalue weighted by molar-refractivity contribution is 7.89. The minimum absolute atomic E-state index is 0.00463. The van der Waals surface area contributed by atoms with Crippen LogP contribution in [0.3, 0.4) is 0 Å². The normalized spacial score (nSPS) is 17.0. The second-order valence-electron chi connectivity index (χ2n) is 6.10. The predicted octanol–water partition coefficient (Wildman–Crippen LogP) is 3.14. The summed E-state index contributed by atoms with van der Waals surface area (Å²) in [6, 6.07) is 6.84. The van der Waals surface area contributed by atoms with E-state index < -0.39 is 27.6 Å². The van der Waals surface area contributed by atoms with Crippen molar-refractivity contribution in [2.75, 3.05) is 31.1 Å². The molecule has 1 saturated heterocycles. The number of hydrogen-bond acceptors (Lipinski definition) is 4. The lowest BCUT2D eigenvalue weighted by Gasteiger charge is -2.23. The Balaban J connectivity index is 1.73. The first-order valence-electron chi connectivity index (χ1n) is 8.22. The van der Waals surface area contributed by atoms with E-state index in [-0.39, 0.29) is 18.0 Å². The zero-order valence-electron chi connectivity index (χ0n) is 14.2. The number of anilines is 1. The summed E-state index contributed by atoms with van der Waals surface area (Å²) >= 11 is 0. The van der Waals surface area contributed by atoms with E-state index in [1.54, 1.807) is 4.90 Å². The van der Waals surface area contributed by atoms with Gasteiger partial charge in [-0.15, -0.1) is 0 Å². The van der Waals surface area contributed by atoms with Gasteiger partial charge in [0.2, 0.25) is 10.0 Å². The summed E-state index contributed by atoms with van der Waals surface area (Å²) in [5.74, 6) is -0.159. The molecule has 0 saturated carbocycles. The summed E-state index contributed by atoms with van der Waals surface area (Å²) in [6.45, 7) is 1.17. The molecule has 0 radical (unpaired) electrons. The maximum atomic E-state index is 13.0. The molecular weight excluding hydrogens is 386 g/mol. The third-order valence-electron chi connectivity index (χ3n) is 4.31. The lowest BCUT2D eigenvalue weighted by Crippen LogP contribution is -2.35. The number of benzene rings is 1. The van der Waals surface area contributed by atoms with Gasteiger partial charge < -0.3 is 4.90 Å². The lowest BCUT2D eigenvalue weighted by molar-refractivity contribution is -0.137. The minimum atomic E-state index is -4.45. The zero-order chi connectivity index (χ0) is 19.7. The van der Waals surface area contributed by atoms with Crippen LogP contribution in [0, 0.1) is 5.82 Å². The maximum absolute atomic E-state index is 13.0. The topological polar surface area (TPSA) is 53.5 Å². The number of rotatable bonds is 3. The molecule has 0 bridgehead atoms. The van der Waals surface area contributed by atoms with Gasteiger partial charge in [-0.05, 0) is 42.8 Å². The summed E-state index contributed by atoms with van der Waals surface area (Å²) in [6.07, 6.45) is -3.19. The molecule has 0 aliphatic carbocycles. The highest BCUT2D eigenvalue weighted by Crippen LogP contribution is 2.29. The Morgan fingerprint density at radius 3 is 2.22 bits per heavy atom. The van der Waals surface area contributed by atoms with Crippen LogP contribution in [-0.4, -0.2) is 43.9 Å². The van der Waals surface area contributed by atoms with Crippen LogP contribution in [-0.2, 0) is 16.2 Å². The first kappa shape index (κ1) is 19.6. The monoisotopic (exact) mass is 403 g/mol. The maximum Gasteiger partial charge on any atom is 0.417 e. The van der Waals surface area contributed by atoms with Gasteiger partial charge in [0.1, 0.15) is 11.6 Å². The van der Waals surface area contributed by atoms with Crippen LogP contribution in [0.15, 0.2) is 47.5 Å². The quantitative estimate of drug-likeness (QED) is 0.739. The molecule has 0 N–H and O–H groups in total. The van der Waals surface area contributed by atoms with Crippen molar-refractivity contribution < 1.29 is 26.0 Å². The molecule has 0 unspecified atom stereocenters. The highest BCUT2D eigenvalue weighted by Gasteiger charge is 2.31. The fourth-order valence-electron chi connectivity index (χ4n) is 2.86. The summed E-state index contributed by atoms with van der Waals surface area (Å²) in [7, 11) is -3.76. The largest absolute Gasteiger partial charge is 0.417 e. The molecule has 1 aromatic carbocycles. The molecule has 2 aromatic rings. The molecule has 27 heavy (non-hydrogen) atoms. The minimum Gasteiger partial charge on any atom is -0.355 e. The average molecular weight is 403 g/mol. The van der Waals surface area contributed by atoms with Crippen LogP contribution < -0.4 is 4.90 Å². The molecule has 3 rings (SSSR count). The Morgan fingerprint density at radius 2 is 1.63 bits per heavy atom. The van der Waals surface area contributed by atoms with Gasteiger partial charge in [0.25, 0.3) is 0 Å². The zero-order valence-corrected chi connectivity index (χ0v) is 15.0. The molecule has 146 valence electrons. The van der Waals surface area contributed by atoms with Crippen LogP contribution in [0.2, 0.25) is 0 Å². The smallest absolute Gasteiger partial charge is 0.355 e. The fourth-order valence-corrected chi connectivity index (χ4v) is 4.33. The van der Waals surface area contributed by atoms with E-state index in [2.05, 4.69) is 4.98 Å². The van der Waals surface area contributed by atoms with Crippen molar-refractivity contribution in [2.45, 2.75) is 17.5 Å². The summed E-state index contributed by atoms with van der Waals surface area (Å²) in [4.78, 5) is 5.62. The Hall–Kier alpha value is -2.20. The molecule has 0 amide bonds. The van der Waals surface area contributed by atoms with Gasteiger partial charge in [-0.3, -0.25) is 0 Å². The first-order chi connectivity index (χ1) is 12.7. The number of hydrogen-bond donors (Lipinski definition) is 0. The molecule has 0 atom stereocenters. The Morgan fingerprint density at radius 1 is 0.926 bits per heavy atom. The summed E-state index contributed by atoms with van der Waals surface area (Å²) in [5.41, 5.74) is -0.832. The number of sulfonamides is 1. The van der Waals surface area contributed by atoms with E-state index >= 15 is 0 Å². The van der Waals surface area contributed by atoms with Gasteiger partial charge in [0, 0.05) is 32.4 Å². The van der Waals surface area contributed by atoms with Crippen LogP contribution in [0.5, 0.6) is 0 Å². The number of halogens is 4. The van der Waals surface area contributed by atoms with Crippen molar-refractivity contribution in [3.05, 3.63) is 54.0 Å². The van der Waals surface area contributed by atoms with Gasteiger partial charge >= 0.3 is 6.18 Å². The van der Waals surface area contributed by atoms with Crippen molar-refractivity contribution in [1.29, 1.82) is 0 Å². The Labute approximate surface area is 154 Å². The van der Waals surface area contributed by atoms with Gasteiger partial charge in [-0.25, -0.2) is 17.8 Å². The third-order valence-corrected chi connectivity index (χ3v) is 6.22. The molecule has 0 spiro atoms. The van der Waals surface area contributed by atoms with Gasteiger partial charge in [-0.2, -0.15) is 17.5 Å². The number of nitrogens with zero attached hydrogens (tertiary/aromatic N) is 3. The number of alkyl halides is 3. The van der Waals surface area contributed by atoms with Crippen molar-refractivity contribution in [2.24, 2.45) is 0 Å². The van der Waals surface area contributed by atoms with Crippen LogP contribution in [0.1, 0.15) is 12.0 Å². The third kappa shape index (κ3) is 4.38. The SMILES string of the molecule is O=S(=O)(c1ccc(F)cc1)N1CCCN(c2ccc(C(F)(F)F)cn2)CC1. The van der Waals surface area contributed by atoms with Crippen LogP contribution in [0.25, 0.3) is 0 Å². The molecule has 1 aliphatic rings. The average Bonchev–Trinajstić information content (AvgIpc) is 2.88. The Kier molecular flexibility index (Phi) is 5.38. The van der Waals surface area contributed by atoms with E-state index in [0.717, 1.165) is 24.4 Å². The Bertz CT molecular complexity index is 884. The van der Waals surface area contributed by atoms with Gasteiger partial charge in [-0.1, -0.05) is 0 Å². The summed E-state index contributed by atoms with van der Waals surface area (Å²) in [5, 5.41) is 0. The molecule has 1 fully saturated rings. The number of aromatic nitrogens is 1. The van der Waals surface area contributed by atoms with E-state index in [0.29, 0.717) is 25.3 Å². The van der Waals surface area contributed by atoms with E-state index in [4.69, 9.17) is 0 Å². The first-order valence-corrected chi connectivity index (χ1v) is 9.66. The van der Waals surface area contributed by atoms with Crippen molar-refractivity contribution >= 4 is 15.8 Å². The number of pyridine rings is 1. The van der Waals surface area contributed by atoms with E-state index in [1.165, 1.54) is 22.5 Å². The predicted molar refractivity (Wildman–Crippen MR) is 91.2 cm³/mol. The van der Waals surface area contributed by atoms with Gasteiger partial charge in [0.05, 0.1) is 10.5 Å². The fraction of sp³-hybridized carbons (Fsp3) is 0.353. The molecule has 1 aliphatic heterocycles. The van der Waals surface area contributed by atoms with Crippen LogP contribution >= 0.6 is 0 Å². The van der Waals surface area contributed by atoms with E-state index in [1.807, 2.05) is 0 Å². The van der Waals surface area contributed by atoms with Crippen molar-refractivity contribution in [3.63, 3.8) is 0 Å². The van der Waals surface area contributed by atoms with Gasteiger partial charge in [0.15, 0.2) is 0 Å². The summed E-state index contributed by atoms with van der Waals surface area (Å²) < 4.78 is 77.6. The molecule has 10 heteroatoms. The van der Waals surface area contributed by atoms with E-state index in [9.17, 15) is 26.0 Å². The second-order valence-corrected chi connectivity index (χ2v) is 8.04. The van der Waals surface area contributed by atoms with Crippen molar-refractivity contribution in [1.82, 2.24) is 9.29 Å². The molecule has 5 nitrogen and oxygen atoms in total.